The quantitative estimate of drug-likeness (QED) is 0.938. The second kappa shape index (κ2) is 4.71. The van der Waals surface area contributed by atoms with Crippen molar-refractivity contribution in [3.63, 3.8) is 0 Å². The number of rotatable bonds is 3. The lowest BCUT2D eigenvalue weighted by atomic mass is 10.4. The number of halogens is 1. The Bertz CT molecular complexity index is 495. The number of aryl methyl sites for hydroxylation is 1. The van der Waals surface area contributed by atoms with E-state index >= 15 is 0 Å². The number of anilines is 1. The molecule has 0 bridgehead atoms. The summed E-state index contributed by atoms with van der Waals surface area (Å²) in [4.78, 5) is 11.9. The Morgan fingerprint density at radius 2 is 2.50 bits per heavy atom. The van der Waals surface area contributed by atoms with Crippen LogP contribution in [-0.4, -0.2) is 25.3 Å². The lowest BCUT2D eigenvalue weighted by Gasteiger charge is -2.04. The molecular weight excluding hydrogens is 294 g/mol. The molecule has 84 valence electrons. The Balaban J connectivity index is 2.20. The molecule has 0 aliphatic rings. The molecule has 0 unspecified atom stereocenters. The first-order valence-electron chi connectivity index (χ1n) is 4.52. The van der Waals surface area contributed by atoms with E-state index in [0.29, 0.717) is 10.8 Å². The van der Waals surface area contributed by atoms with Crippen molar-refractivity contribution in [3.05, 3.63) is 22.4 Å². The van der Waals surface area contributed by atoms with Crippen LogP contribution in [0.3, 0.4) is 0 Å². The first-order valence-corrected chi connectivity index (χ1v) is 6.09. The predicted octanol–water partition coefficient (Wildman–Crippen LogP) is 1.77. The highest BCUT2D eigenvalue weighted by Gasteiger charge is 2.13. The van der Waals surface area contributed by atoms with Crippen LogP contribution in [0.2, 0.25) is 0 Å². The molecule has 8 heteroatoms. The lowest BCUT2D eigenvalue weighted by Crippen LogP contribution is -2.16. The van der Waals surface area contributed by atoms with Gasteiger partial charge >= 0.3 is 0 Å². The van der Waals surface area contributed by atoms with Crippen LogP contribution in [0.1, 0.15) is 17.4 Å². The number of hydrogen-bond acceptors (Lipinski definition) is 5. The van der Waals surface area contributed by atoms with Gasteiger partial charge in [-0.15, -0.1) is 0 Å². The molecule has 0 aliphatic carbocycles. The highest BCUT2D eigenvalue weighted by molar-refractivity contribution is 9.10. The summed E-state index contributed by atoms with van der Waals surface area (Å²) in [6.45, 7) is 2.69. The van der Waals surface area contributed by atoms with Gasteiger partial charge in [0.2, 0.25) is 5.13 Å². The van der Waals surface area contributed by atoms with Gasteiger partial charge in [-0.1, -0.05) is 9.59 Å². The van der Waals surface area contributed by atoms with Gasteiger partial charge in [0.15, 0.2) is 0 Å². The summed E-state index contributed by atoms with van der Waals surface area (Å²) in [7, 11) is 0. The number of nitrogens with zero attached hydrogens (tertiary/aromatic N) is 4. The van der Waals surface area contributed by atoms with Gasteiger partial charge in [-0.2, -0.15) is 0 Å². The molecular formula is C8H8BrN5OS. The number of amides is 1. The molecule has 2 rings (SSSR count). The predicted molar refractivity (Wildman–Crippen MR) is 63.5 cm³/mol. The molecule has 1 amide bonds. The Morgan fingerprint density at radius 1 is 1.69 bits per heavy atom. The minimum absolute atomic E-state index is 0.217. The maximum atomic E-state index is 11.9. The molecule has 2 aromatic heterocycles. The topological polar surface area (TPSA) is 72.7 Å². The molecule has 0 spiro atoms. The highest BCUT2D eigenvalue weighted by atomic mass is 79.9. The van der Waals surface area contributed by atoms with Crippen LogP contribution in [-0.2, 0) is 6.54 Å². The summed E-state index contributed by atoms with van der Waals surface area (Å²) in [6, 6.07) is 1.76. The van der Waals surface area contributed by atoms with E-state index in [1.807, 2.05) is 17.7 Å². The smallest absolute Gasteiger partial charge is 0.274 e. The summed E-state index contributed by atoms with van der Waals surface area (Å²) in [5.74, 6) is -0.217. The number of carbonyl (C=O) groups excluding carboxylic acids is 1. The van der Waals surface area contributed by atoms with E-state index in [-0.39, 0.29) is 5.91 Å². The minimum atomic E-state index is -0.217. The van der Waals surface area contributed by atoms with Crippen molar-refractivity contribution in [2.45, 2.75) is 13.5 Å². The Kier molecular flexibility index (Phi) is 3.30. The van der Waals surface area contributed by atoms with Crippen molar-refractivity contribution in [1.82, 2.24) is 19.4 Å². The van der Waals surface area contributed by atoms with Crippen LogP contribution in [0.5, 0.6) is 0 Å². The van der Waals surface area contributed by atoms with E-state index in [1.54, 1.807) is 6.07 Å². The molecule has 16 heavy (non-hydrogen) atoms. The van der Waals surface area contributed by atoms with E-state index in [2.05, 4.69) is 36.0 Å². The van der Waals surface area contributed by atoms with Crippen LogP contribution in [0.4, 0.5) is 5.13 Å². The van der Waals surface area contributed by atoms with Gasteiger partial charge < -0.3 is 4.57 Å². The molecule has 0 atom stereocenters. The molecule has 2 heterocycles. The van der Waals surface area contributed by atoms with E-state index < -0.39 is 0 Å². The Morgan fingerprint density at radius 3 is 3.12 bits per heavy atom. The third kappa shape index (κ3) is 2.27. The normalized spacial score (nSPS) is 10.4. The van der Waals surface area contributed by atoms with Crippen molar-refractivity contribution in [2.75, 3.05) is 5.32 Å². The molecule has 0 aliphatic heterocycles. The van der Waals surface area contributed by atoms with Crippen LogP contribution in [0, 0.1) is 0 Å². The molecule has 1 N–H and O–H groups in total. The van der Waals surface area contributed by atoms with Crippen LogP contribution in [0.15, 0.2) is 16.7 Å². The zero-order valence-corrected chi connectivity index (χ0v) is 10.7. The van der Waals surface area contributed by atoms with Gasteiger partial charge in [-0.3, -0.25) is 10.1 Å². The fourth-order valence-electron chi connectivity index (χ4n) is 1.27. The summed E-state index contributed by atoms with van der Waals surface area (Å²) in [5, 5.41) is 10.1. The van der Waals surface area contributed by atoms with Gasteiger partial charge in [0.25, 0.3) is 5.91 Å². The third-order valence-corrected chi connectivity index (χ3v) is 2.90. The number of nitrogens with one attached hydrogen (secondary N) is 1. The fraction of sp³-hybridized carbons (Fsp3) is 0.250. The third-order valence-electron chi connectivity index (χ3n) is 1.96. The highest BCUT2D eigenvalue weighted by Crippen LogP contribution is 2.16. The van der Waals surface area contributed by atoms with Gasteiger partial charge in [-0.25, -0.2) is 0 Å². The Labute approximate surface area is 104 Å². The second-order valence-corrected chi connectivity index (χ2v) is 4.60. The van der Waals surface area contributed by atoms with Crippen LogP contribution >= 0.6 is 27.5 Å². The molecule has 6 nitrogen and oxygen atoms in total. The summed E-state index contributed by atoms with van der Waals surface area (Å²) < 4.78 is 6.28. The number of carbonyl (C=O) groups is 1. The molecule has 2 aromatic rings. The largest absolute Gasteiger partial charge is 0.343 e. The minimum Gasteiger partial charge on any atom is -0.343 e. The Hall–Kier alpha value is -1.28. The van der Waals surface area contributed by atoms with Crippen LogP contribution in [0.25, 0.3) is 0 Å². The molecule has 0 saturated heterocycles. The average Bonchev–Trinajstić information content (AvgIpc) is 2.86. The van der Waals surface area contributed by atoms with Crippen molar-refractivity contribution >= 4 is 38.5 Å². The molecule has 0 fully saturated rings. The van der Waals surface area contributed by atoms with Gasteiger partial charge in [0.1, 0.15) is 5.69 Å². The monoisotopic (exact) mass is 301 g/mol. The van der Waals surface area contributed by atoms with Crippen molar-refractivity contribution in [3.8, 4) is 0 Å². The summed E-state index contributed by atoms with van der Waals surface area (Å²) >= 11 is 4.37. The maximum absolute atomic E-state index is 11.9. The second-order valence-electron chi connectivity index (χ2n) is 2.95. The first kappa shape index (κ1) is 11.2. The summed E-state index contributed by atoms with van der Waals surface area (Å²) in [6.07, 6.45) is 1.85. The molecule has 0 saturated carbocycles. The lowest BCUT2D eigenvalue weighted by molar-refractivity contribution is 0.101. The van der Waals surface area contributed by atoms with Gasteiger partial charge in [-0.05, 0) is 34.1 Å². The fourth-order valence-corrected chi connectivity index (χ4v) is 2.10. The van der Waals surface area contributed by atoms with Gasteiger partial charge in [0, 0.05) is 28.7 Å². The van der Waals surface area contributed by atoms with E-state index in [0.717, 1.165) is 22.5 Å². The number of aromatic nitrogens is 4. The van der Waals surface area contributed by atoms with E-state index in [9.17, 15) is 4.79 Å². The van der Waals surface area contributed by atoms with Crippen molar-refractivity contribution < 1.29 is 4.79 Å². The van der Waals surface area contributed by atoms with E-state index in [4.69, 9.17) is 0 Å². The summed E-state index contributed by atoms with van der Waals surface area (Å²) in [5.41, 5.74) is 0.574. The number of hydrogen-bond donors (Lipinski definition) is 1. The van der Waals surface area contributed by atoms with E-state index in [1.165, 1.54) is 0 Å². The SMILES string of the molecule is CCn1cc(Br)cc1C(=O)Nc1nnns1. The first-order chi connectivity index (χ1) is 7.70. The standard InChI is InChI=1S/C8H8BrN5OS/c1-2-14-4-5(9)3-6(14)7(15)10-8-11-12-13-16-8/h3-4H,2H2,1H3,(H,10,11,13,15). The zero-order chi connectivity index (χ0) is 11.5. The maximum Gasteiger partial charge on any atom is 0.274 e. The molecule has 0 aromatic carbocycles. The van der Waals surface area contributed by atoms with Crippen molar-refractivity contribution in [1.29, 1.82) is 0 Å². The van der Waals surface area contributed by atoms with Crippen molar-refractivity contribution in [2.24, 2.45) is 0 Å². The van der Waals surface area contributed by atoms with Gasteiger partial charge in [0.05, 0.1) is 0 Å². The average molecular weight is 302 g/mol. The molecule has 0 radical (unpaired) electrons. The zero-order valence-electron chi connectivity index (χ0n) is 8.35. The van der Waals surface area contributed by atoms with Crippen LogP contribution < -0.4 is 5.32 Å².